The van der Waals surface area contributed by atoms with E-state index in [1.54, 1.807) is 30.3 Å². The molecule has 7 rings (SSSR count). The largest absolute Gasteiger partial charge is 0.478 e. The molecule has 0 radical (unpaired) electrons. The Labute approximate surface area is 221 Å². The molecule has 0 saturated heterocycles. The molecule has 6 unspecified atom stereocenters. The molecule has 4 fully saturated rings. The highest BCUT2D eigenvalue weighted by atomic mass is 16.4. The van der Waals surface area contributed by atoms with Crippen LogP contribution in [0.25, 0.3) is 11.0 Å². The van der Waals surface area contributed by atoms with Gasteiger partial charge < -0.3 is 25.3 Å². The molecule has 0 aliphatic heterocycles. The molecule has 6 atom stereocenters. The molecule has 7 nitrogen and oxygen atoms in total. The number of rotatable bonds is 7. The molecule has 7 heteroatoms. The summed E-state index contributed by atoms with van der Waals surface area (Å²) in [6, 6.07) is 12.0. The van der Waals surface area contributed by atoms with E-state index in [1.807, 2.05) is 26.0 Å². The number of hydrogen-bond acceptors (Lipinski definition) is 6. The first-order valence-electron chi connectivity index (χ1n) is 13.7. The van der Waals surface area contributed by atoms with Gasteiger partial charge in [0.05, 0.1) is 17.0 Å². The van der Waals surface area contributed by atoms with Crippen molar-refractivity contribution in [3.05, 3.63) is 69.4 Å². The van der Waals surface area contributed by atoms with Gasteiger partial charge in [0.1, 0.15) is 5.58 Å². The molecule has 4 aliphatic carbocycles. The first-order valence-corrected chi connectivity index (χ1v) is 13.7. The molecule has 3 bridgehead atoms. The third-order valence-corrected chi connectivity index (χ3v) is 10.4. The van der Waals surface area contributed by atoms with Gasteiger partial charge in [-0.25, -0.2) is 4.79 Å². The third-order valence-electron chi connectivity index (χ3n) is 10.4. The van der Waals surface area contributed by atoms with E-state index in [9.17, 15) is 19.8 Å². The predicted octanol–water partition coefficient (Wildman–Crippen LogP) is 5.72. The number of aromatic carboxylic acids is 1. The average molecular weight is 515 g/mol. The quantitative estimate of drug-likeness (QED) is 0.319. The van der Waals surface area contributed by atoms with E-state index < -0.39 is 5.97 Å². The van der Waals surface area contributed by atoms with Crippen molar-refractivity contribution in [3.8, 4) is 0 Å². The number of aryl methyl sites for hydroxylation is 1. The molecular formula is C31H34N2O5. The van der Waals surface area contributed by atoms with Crippen molar-refractivity contribution < 1.29 is 19.4 Å². The SMILES string of the molecule is Cc1cc(C(C)Nc2ccccc2C(=O)O)c2oc(NC34CC5CC6CC(CO)(C3)CC54C6)cc(=O)c2c1. The molecule has 1 heterocycles. The number of aliphatic hydroxyl groups excluding tert-OH is 1. The van der Waals surface area contributed by atoms with Crippen molar-refractivity contribution in [1.82, 2.24) is 0 Å². The van der Waals surface area contributed by atoms with Crippen LogP contribution >= 0.6 is 0 Å². The first kappa shape index (κ1) is 23.8. The van der Waals surface area contributed by atoms with Crippen LogP contribution < -0.4 is 16.1 Å². The zero-order valence-electron chi connectivity index (χ0n) is 21.8. The number of hydrogen-bond donors (Lipinski definition) is 4. The van der Waals surface area contributed by atoms with Gasteiger partial charge in [-0.3, -0.25) is 4.79 Å². The van der Waals surface area contributed by atoms with Crippen molar-refractivity contribution in [2.24, 2.45) is 22.7 Å². The second kappa shape index (κ2) is 7.85. The number of para-hydroxylation sites is 1. The van der Waals surface area contributed by atoms with Gasteiger partial charge in [0.15, 0.2) is 11.3 Å². The third kappa shape index (κ3) is 3.17. The maximum absolute atomic E-state index is 13.4. The van der Waals surface area contributed by atoms with E-state index in [0.717, 1.165) is 36.8 Å². The van der Waals surface area contributed by atoms with Crippen LogP contribution in [0.5, 0.6) is 0 Å². The maximum atomic E-state index is 13.4. The van der Waals surface area contributed by atoms with E-state index in [-0.39, 0.29) is 40.0 Å². The molecule has 4 saturated carbocycles. The summed E-state index contributed by atoms with van der Waals surface area (Å²) in [5, 5.41) is 27.6. The summed E-state index contributed by atoms with van der Waals surface area (Å²) in [5.74, 6) is 0.884. The Morgan fingerprint density at radius 1 is 1.16 bits per heavy atom. The standard InChI is InChI=1S/C31H34N2O5/c1-17-7-22(18(2)32-24-6-4-3-5-21(24)28(36)37)27-23(8-17)25(35)10-26(38-27)33-31-13-20-9-19-11-29(15-31,16-34)14-30(20,31)12-19/h3-8,10,18-20,32-34H,9,11-16H2,1-2H3,(H,36,37). The summed E-state index contributed by atoms with van der Waals surface area (Å²) in [7, 11) is 0. The van der Waals surface area contributed by atoms with E-state index in [1.165, 1.54) is 12.8 Å². The number of carbonyl (C=O) groups is 1. The molecule has 4 aliphatic rings. The monoisotopic (exact) mass is 514 g/mol. The Kier molecular flexibility index (Phi) is 4.91. The molecule has 0 amide bonds. The lowest BCUT2D eigenvalue weighted by atomic mass is 9.51. The lowest BCUT2D eigenvalue weighted by molar-refractivity contribution is -0.0183. The summed E-state index contributed by atoms with van der Waals surface area (Å²) >= 11 is 0. The molecule has 4 N–H and O–H groups in total. The van der Waals surface area contributed by atoms with E-state index in [4.69, 9.17) is 4.42 Å². The maximum Gasteiger partial charge on any atom is 0.337 e. The van der Waals surface area contributed by atoms with Crippen LogP contribution in [0.1, 0.15) is 73.0 Å². The topological polar surface area (TPSA) is 112 Å². The van der Waals surface area contributed by atoms with E-state index in [0.29, 0.717) is 34.4 Å². The first-order chi connectivity index (χ1) is 18.2. The summed E-state index contributed by atoms with van der Waals surface area (Å²) < 4.78 is 6.51. The fourth-order valence-corrected chi connectivity index (χ4v) is 9.22. The van der Waals surface area contributed by atoms with Crippen molar-refractivity contribution in [3.63, 3.8) is 0 Å². The Morgan fingerprint density at radius 2 is 1.97 bits per heavy atom. The Morgan fingerprint density at radius 3 is 2.76 bits per heavy atom. The van der Waals surface area contributed by atoms with Gasteiger partial charge in [-0.2, -0.15) is 0 Å². The minimum absolute atomic E-state index is 0.0173. The minimum atomic E-state index is -0.999. The smallest absolute Gasteiger partial charge is 0.337 e. The molecule has 198 valence electrons. The fraction of sp³-hybridized carbons (Fsp3) is 0.484. The van der Waals surface area contributed by atoms with Crippen LogP contribution in [0.15, 0.2) is 51.7 Å². The highest BCUT2D eigenvalue weighted by molar-refractivity contribution is 5.94. The Balaban J connectivity index is 1.27. The highest BCUT2D eigenvalue weighted by Gasteiger charge is 2.78. The molecule has 38 heavy (non-hydrogen) atoms. The van der Waals surface area contributed by atoms with E-state index in [2.05, 4.69) is 10.6 Å². The number of carboxylic acid groups (broad SMARTS) is 1. The number of nitrogens with one attached hydrogen (secondary N) is 2. The summed E-state index contributed by atoms with van der Waals surface area (Å²) in [5.41, 5.74) is 2.92. The minimum Gasteiger partial charge on any atom is -0.478 e. The van der Waals surface area contributed by atoms with Gasteiger partial charge in [0.2, 0.25) is 0 Å². The molecular weight excluding hydrogens is 480 g/mol. The fourth-order valence-electron chi connectivity index (χ4n) is 9.22. The second-order valence-electron chi connectivity index (χ2n) is 12.7. The lowest BCUT2D eigenvalue weighted by Gasteiger charge is -2.59. The number of anilines is 2. The number of fused-ring (bicyclic) bond motifs is 3. The normalized spacial score (nSPS) is 33.1. The molecule has 2 aromatic carbocycles. The van der Waals surface area contributed by atoms with Crippen LogP contribution in [0.2, 0.25) is 0 Å². The van der Waals surface area contributed by atoms with Crippen LogP contribution in [0.3, 0.4) is 0 Å². The lowest BCUT2D eigenvalue weighted by Crippen LogP contribution is -2.62. The van der Waals surface area contributed by atoms with Gasteiger partial charge in [0.25, 0.3) is 0 Å². The highest BCUT2D eigenvalue weighted by Crippen LogP contribution is 2.80. The van der Waals surface area contributed by atoms with Crippen LogP contribution in [0, 0.1) is 29.6 Å². The molecule has 1 spiro atoms. The second-order valence-corrected chi connectivity index (χ2v) is 12.7. The summed E-state index contributed by atoms with van der Waals surface area (Å²) in [6.07, 6.45) is 6.64. The zero-order valence-corrected chi connectivity index (χ0v) is 21.8. The van der Waals surface area contributed by atoms with Gasteiger partial charge in [-0.05, 0) is 98.8 Å². The number of aliphatic hydroxyl groups is 1. The van der Waals surface area contributed by atoms with Crippen LogP contribution in [0.4, 0.5) is 11.6 Å². The zero-order chi connectivity index (χ0) is 26.4. The van der Waals surface area contributed by atoms with Gasteiger partial charge in [0, 0.05) is 29.5 Å². The summed E-state index contributed by atoms with van der Waals surface area (Å²) in [4.78, 5) is 25.1. The van der Waals surface area contributed by atoms with Crippen molar-refractivity contribution in [2.45, 2.75) is 64.0 Å². The van der Waals surface area contributed by atoms with Gasteiger partial charge in [-0.15, -0.1) is 0 Å². The Hall–Kier alpha value is -3.32. The Bertz CT molecular complexity index is 1550. The molecule has 3 aromatic rings. The van der Waals surface area contributed by atoms with Crippen molar-refractivity contribution >= 4 is 28.5 Å². The van der Waals surface area contributed by atoms with Crippen LogP contribution in [-0.4, -0.2) is 28.3 Å². The van der Waals surface area contributed by atoms with Gasteiger partial charge in [-0.1, -0.05) is 18.2 Å². The van der Waals surface area contributed by atoms with Gasteiger partial charge >= 0.3 is 5.97 Å². The molecule has 1 aromatic heterocycles. The predicted molar refractivity (Wildman–Crippen MR) is 146 cm³/mol. The van der Waals surface area contributed by atoms with Crippen molar-refractivity contribution in [2.75, 3.05) is 17.2 Å². The average Bonchev–Trinajstić information content (AvgIpc) is 3.18. The van der Waals surface area contributed by atoms with E-state index >= 15 is 0 Å². The van der Waals surface area contributed by atoms with Crippen molar-refractivity contribution in [1.29, 1.82) is 0 Å². The number of benzene rings is 2. The summed E-state index contributed by atoms with van der Waals surface area (Å²) in [6.45, 7) is 4.13. The number of carboxylic acids is 1. The van der Waals surface area contributed by atoms with Crippen LogP contribution in [-0.2, 0) is 0 Å².